The first kappa shape index (κ1) is 13.1. The number of carbonyl (C=O) groups is 1. The molecule has 0 radical (unpaired) electrons. The monoisotopic (exact) mass is 270 g/mol. The highest BCUT2D eigenvalue weighted by molar-refractivity contribution is 7.11. The number of amides is 1. The number of nitrogens with one attached hydrogen (secondary N) is 1. The van der Waals surface area contributed by atoms with Gasteiger partial charge in [-0.1, -0.05) is 6.92 Å². The lowest BCUT2D eigenvalue weighted by atomic mass is 10.2. The maximum Gasteiger partial charge on any atom is 0.257 e. The summed E-state index contributed by atoms with van der Waals surface area (Å²) >= 11 is 1.27. The molecule has 0 aliphatic carbocycles. The smallest absolute Gasteiger partial charge is 0.257 e. The zero-order valence-electron chi connectivity index (χ0n) is 10.6. The molecule has 1 amide bonds. The van der Waals surface area contributed by atoms with Crippen LogP contribution in [0.15, 0.2) is 0 Å². The van der Waals surface area contributed by atoms with Crippen molar-refractivity contribution in [1.82, 2.24) is 9.69 Å². The van der Waals surface area contributed by atoms with Gasteiger partial charge < -0.3 is 20.7 Å². The van der Waals surface area contributed by atoms with E-state index >= 15 is 0 Å². The van der Waals surface area contributed by atoms with E-state index in [0.717, 1.165) is 24.5 Å². The van der Waals surface area contributed by atoms with Crippen LogP contribution in [0.1, 0.15) is 23.7 Å². The molecule has 2 heterocycles. The molecule has 0 bridgehead atoms. The van der Waals surface area contributed by atoms with E-state index in [-0.39, 0.29) is 12.0 Å². The SMILES string of the molecule is CCC1CN(c2snc(N)c2C(=O)NC)CCO1. The average molecular weight is 270 g/mol. The van der Waals surface area contributed by atoms with Crippen LogP contribution in [0.25, 0.3) is 0 Å². The number of nitrogens with two attached hydrogens (primary N) is 1. The van der Waals surface area contributed by atoms with Crippen LogP contribution in [0.5, 0.6) is 0 Å². The standard InChI is InChI=1S/C11H18N4O2S/c1-3-7-6-15(4-5-17-7)11-8(10(16)13-2)9(12)14-18-11/h7H,3-6H2,1-2H3,(H2,12,14)(H,13,16). The average Bonchev–Trinajstić information content (AvgIpc) is 2.80. The number of hydrogen-bond donors (Lipinski definition) is 2. The summed E-state index contributed by atoms with van der Waals surface area (Å²) in [5, 5.41) is 3.44. The van der Waals surface area contributed by atoms with E-state index in [1.807, 2.05) is 0 Å². The first-order chi connectivity index (χ1) is 8.67. The maximum atomic E-state index is 11.8. The van der Waals surface area contributed by atoms with Gasteiger partial charge in [-0.05, 0) is 18.0 Å². The molecule has 1 fully saturated rings. The van der Waals surface area contributed by atoms with E-state index in [9.17, 15) is 4.79 Å². The van der Waals surface area contributed by atoms with Crippen LogP contribution < -0.4 is 16.0 Å². The third kappa shape index (κ3) is 2.41. The fourth-order valence-electron chi connectivity index (χ4n) is 2.00. The van der Waals surface area contributed by atoms with Crippen molar-refractivity contribution in [2.45, 2.75) is 19.4 Å². The van der Waals surface area contributed by atoms with Crippen molar-refractivity contribution in [2.75, 3.05) is 37.4 Å². The second-order valence-corrected chi connectivity index (χ2v) is 4.93. The molecule has 1 saturated heterocycles. The molecule has 1 unspecified atom stereocenters. The molecule has 7 heteroatoms. The summed E-state index contributed by atoms with van der Waals surface area (Å²) in [6.07, 6.45) is 1.17. The van der Waals surface area contributed by atoms with Gasteiger partial charge in [-0.3, -0.25) is 4.79 Å². The fourth-order valence-corrected chi connectivity index (χ4v) is 2.84. The van der Waals surface area contributed by atoms with Crippen molar-refractivity contribution >= 4 is 28.3 Å². The van der Waals surface area contributed by atoms with Crippen molar-refractivity contribution in [2.24, 2.45) is 0 Å². The Hall–Kier alpha value is -1.34. The summed E-state index contributed by atoms with van der Waals surface area (Å²) < 4.78 is 9.71. The van der Waals surface area contributed by atoms with Gasteiger partial charge in [0.05, 0.1) is 12.7 Å². The first-order valence-electron chi connectivity index (χ1n) is 6.01. The lowest BCUT2D eigenvalue weighted by Gasteiger charge is -2.33. The quantitative estimate of drug-likeness (QED) is 0.845. The highest BCUT2D eigenvalue weighted by Gasteiger charge is 2.26. The minimum atomic E-state index is -0.184. The second kappa shape index (κ2) is 5.53. The summed E-state index contributed by atoms with van der Waals surface area (Å²) in [7, 11) is 1.59. The summed E-state index contributed by atoms with van der Waals surface area (Å²) in [6.45, 7) is 4.31. The van der Waals surface area contributed by atoms with Crippen molar-refractivity contribution in [3.8, 4) is 0 Å². The number of anilines is 2. The van der Waals surface area contributed by atoms with Crippen molar-refractivity contribution in [3.05, 3.63) is 5.56 Å². The molecule has 0 saturated carbocycles. The van der Waals surface area contributed by atoms with Gasteiger partial charge in [0.1, 0.15) is 10.6 Å². The molecule has 18 heavy (non-hydrogen) atoms. The maximum absolute atomic E-state index is 11.8. The van der Waals surface area contributed by atoms with Gasteiger partial charge in [0.2, 0.25) is 0 Å². The number of hydrogen-bond acceptors (Lipinski definition) is 6. The van der Waals surface area contributed by atoms with Crippen LogP contribution in [0.2, 0.25) is 0 Å². The van der Waals surface area contributed by atoms with Crippen LogP contribution in [-0.2, 0) is 4.74 Å². The van der Waals surface area contributed by atoms with Crippen molar-refractivity contribution < 1.29 is 9.53 Å². The number of aromatic nitrogens is 1. The van der Waals surface area contributed by atoms with Crippen molar-refractivity contribution in [1.29, 1.82) is 0 Å². The zero-order chi connectivity index (χ0) is 13.1. The normalized spacial score (nSPS) is 19.9. The molecule has 1 aromatic heterocycles. The molecule has 2 rings (SSSR count). The van der Waals surface area contributed by atoms with Crippen LogP contribution >= 0.6 is 11.5 Å². The fraction of sp³-hybridized carbons (Fsp3) is 0.636. The third-order valence-corrected chi connectivity index (χ3v) is 3.96. The summed E-state index contributed by atoms with van der Waals surface area (Å²) in [6, 6.07) is 0. The molecular formula is C11H18N4O2S. The summed E-state index contributed by atoms with van der Waals surface area (Å²) in [5.41, 5.74) is 6.26. The van der Waals surface area contributed by atoms with E-state index in [2.05, 4.69) is 21.5 Å². The largest absolute Gasteiger partial charge is 0.382 e. The molecular weight excluding hydrogens is 252 g/mol. The molecule has 1 aliphatic heterocycles. The Morgan fingerprint density at radius 2 is 2.50 bits per heavy atom. The lowest BCUT2D eigenvalue weighted by molar-refractivity contribution is 0.0386. The van der Waals surface area contributed by atoms with Gasteiger partial charge in [-0.15, -0.1) is 0 Å². The third-order valence-electron chi connectivity index (χ3n) is 3.04. The molecule has 1 aromatic rings. The Morgan fingerprint density at radius 3 is 3.17 bits per heavy atom. The topological polar surface area (TPSA) is 80.5 Å². The number of nitrogen functional groups attached to an aromatic ring is 1. The number of carbonyl (C=O) groups excluding carboxylic acids is 1. The number of morpholine rings is 1. The van der Waals surface area contributed by atoms with Gasteiger partial charge in [0.25, 0.3) is 5.91 Å². The zero-order valence-corrected chi connectivity index (χ0v) is 11.4. The van der Waals surface area contributed by atoms with Crippen LogP contribution in [-0.4, -0.2) is 43.1 Å². The van der Waals surface area contributed by atoms with E-state index < -0.39 is 0 Å². The van der Waals surface area contributed by atoms with Crippen molar-refractivity contribution in [3.63, 3.8) is 0 Å². The number of nitrogens with zero attached hydrogens (tertiary/aromatic N) is 2. The Balaban J connectivity index is 2.25. The van der Waals surface area contributed by atoms with E-state index in [1.165, 1.54) is 11.5 Å². The predicted octanol–water partition coefficient (Wildman–Crippen LogP) is 0.700. The highest BCUT2D eigenvalue weighted by atomic mass is 32.1. The molecule has 3 N–H and O–H groups in total. The summed E-state index contributed by atoms with van der Waals surface area (Å²) in [4.78, 5) is 14.0. The Morgan fingerprint density at radius 1 is 1.72 bits per heavy atom. The van der Waals surface area contributed by atoms with Gasteiger partial charge in [0.15, 0.2) is 5.82 Å². The summed E-state index contributed by atoms with van der Waals surface area (Å²) in [5.74, 6) is 0.115. The minimum Gasteiger partial charge on any atom is -0.382 e. The number of rotatable bonds is 3. The molecule has 6 nitrogen and oxygen atoms in total. The van der Waals surface area contributed by atoms with Crippen LogP contribution in [0.4, 0.5) is 10.8 Å². The van der Waals surface area contributed by atoms with Gasteiger partial charge >= 0.3 is 0 Å². The lowest BCUT2D eigenvalue weighted by Crippen LogP contribution is -2.42. The molecule has 0 spiro atoms. The first-order valence-corrected chi connectivity index (χ1v) is 6.78. The van der Waals surface area contributed by atoms with E-state index in [0.29, 0.717) is 18.0 Å². The molecule has 1 atom stereocenters. The Kier molecular flexibility index (Phi) is 4.03. The van der Waals surface area contributed by atoms with Gasteiger partial charge in [-0.2, -0.15) is 4.37 Å². The minimum absolute atomic E-state index is 0.184. The van der Waals surface area contributed by atoms with E-state index in [1.54, 1.807) is 7.05 Å². The molecule has 0 aromatic carbocycles. The van der Waals surface area contributed by atoms with Crippen LogP contribution in [0, 0.1) is 0 Å². The van der Waals surface area contributed by atoms with Gasteiger partial charge in [-0.25, -0.2) is 0 Å². The highest BCUT2D eigenvalue weighted by Crippen LogP contribution is 2.31. The van der Waals surface area contributed by atoms with Crippen LogP contribution in [0.3, 0.4) is 0 Å². The second-order valence-electron chi connectivity index (χ2n) is 4.17. The Labute approximate surface area is 110 Å². The molecule has 100 valence electrons. The predicted molar refractivity (Wildman–Crippen MR) is 72.2 cm³/mol. The Bertz CT molecular complexity index is 435. The number of ether oxygens (including phenoxy) is 1. The van der Waals surface area contributed by atoms with Gasteiger partial charge in [0, 0.05) is 20.1 Å². The molecule has 1 aliphatic rings. The van der Waals surface area contributed by atoms with E-state index in [4.69, 9.17) is 10.5 Å².